The molecule has 0 aliphatic heterocycles. The van der Waals surface area contributed by atoms with E-state index in [2.05, 4.69) is 37.8 Å². The molecule has 0 saturated carbocycles. The van der Waals surface area contributed by atoms with Gasteiger partial charge in [-0.15, -0.1) is 0 Å². The minimum absolute atomic E-state index is 0.235. The zero-order valence-corrected chi connectivity index (χ0v) is 9.92. The minimum Gasteiger partial charge on any atom is -0.207 e. The second kappa shape index (κ2) is 4.84. The van der Waals surface area contributed by atoms with Gasteiger partial charge in [0.05, 0.1) is 0 Å². The molecule has 0 aromatic heterocycles. The predicted molar refractivity (Wildman–Crippen MR) is 68.3 cm³/mol. The van der Waals surface area contributed by atoms with Crippen molar-refractivity contribution in [2.45, 2.75) is 13.8 Å². The van der Waals surface area contributed by atoms with E-state index in [9.17, 15) is 4.39 Å². The lowest BCUT2D eigenvalue weighted by Crippen LogP contribution is -1.82. The van der Waals surface area contributed by atoms with Crippen LogP contribution in [0.4, 0.5) is 4.39 Å². The maximum absolute atomic E-state index is 12.7. The van der Waals surface area contributed by atoms with Crippen LogP contribution in [0.5, 0.6) is 0 Å². The number of hydrogen-bond acceptors (Lipinski definition) is 0. The Morgan fingerprint density at radius 2 is 1.35 bits per heavy atom. The van der Waals surface area contributed by atoms with Crippen molar-refractivity contribution in [1.29, 1.82) is 0 Å². The van der Waals surface area contributed by atoms with Gasteiger partial charge >= 0.3 is 0 Å². The van der Waals surface area contributed by atoms with Gasteiger partial charge in [0.1, 0.15) is 5.82 Å². The van der Waals surface area contributed by atoms with Gasteiger partial charge in [-0.3, -0.25) is 0 Å². The Morgan fingerprint density at radius 1 is 0.765 bits per heavy atom. The first-order chi connectivity index (χ1) is 8.15. The van der Waals surface area contributed by atoms with Gasteiger partial charge in [0.2, 0.25) is 0 Å². The van der Waals surface area contributed by atoms with Crippen molar-refractivity contribution in [3.05, 3.63) is 70.5 Å². The van der Waals surface area contributed by atoms with Crippen LogP contribution >= 0.6 is 0 Å². The maximum Gasteiger partial charge on any atom is 0.123 e. The molecule has 2 aromatic rings. The minimum atomic E-state index is -0.235. The molecule has 17 heavy (non-hydrogen) atoms. The highest BCUT2D eigenvalue weighted by Crippen LogP contribution is 2.09. The molecule has 0 bridgehead atoms. The monoisotopic (exact) mass is 224 g/mol. The standard InChI is InChI=1S/C16H13F/c1-12-3-4-15(11-13(12)2)6-5-14-7-9-16(17)10-8-14/h3-4,7-11H,1-2H3. The first-order valence-corrected chi connectivity index (χ1v) is 5.50. The lowest BCUT2D eigenvalue weighted by molar-refractivity contribution is 0.627. The molecule has 0 aliphatic carbocycles. The summed E-state index contributed by atoms with van der Waals surface area (Å²) in [4.78, 5) is 0. The summed E-state index contributed by atoms with van der Waals surface area (Å²) < 4.78 is 12.7. The molecule has 84 valence electrons. The fraction of sp³-hybridized carbons (Fsp3) is 0.125. The van der Waals surface area contributed by atoms with Crippen molar-refractivity contribution < 1.29 is 4.39 Å². The lowest BCUT2D eigenvalue weighted by atomic mass is 10.1. The molecule has 0 N–H and O–H groups in total. The van der Waals surface area contributed by atoms with Crippen molar-refractivity contribution in [3.8, 4) is 11.8 Å². The molecule has 0 radical (unpaired) electrons. The molecule has 0 unspecified atom stereocenters. The van der Waals surface area contributed by atoms with E-state index >= 15 is 0 Å². The number of benzene rings is 2. The van der Waals surface area contributed by atoms with Gasteiger partial charge in [-0.25, -0.2) is 4.39 Å². The maximum atomic E-state index is 12.7. The molecular weight excluding hydrogens is 211 g/mol. The Hall–Kier alpha value is -2.07. The zero-order valence-electron chi connectivity index (χ0n) is 9.92. The first-order valence-electron chi connectivity index (χ1n) is 5.50. The lowest BCUT2D eigenvalue weighted by Gasteiger charge is -1.98. The van der Waals surface area contributed by atoms with Gasteiger partial charge in [-0.1, -0.05) is 17.9 Å². The molecule has 0 saturated heterocycles. The largest absolute Gasteiger partial charge is 0.207 e. The van der Waals surface area contributed by atoms with Gasteiger partial charge in [0.15, 0.2) is 0 Å². The van der Waals surface area contributed by atoms with E-state index < -0.39 is 0 Å². The van der Waals surface area contributed by atoms with E-state index in [-0.39, 0.29) is 5.82 Å². The molecule has 2 aromatic carbocycles. The van der Waals surface area contributed by atoms with Gasteiger partial charge in [-0.05, 0) is 61.4 Å². The van der Waals surface area contributed by atoms with E-state index in [1.54, 1.807) is 12.1 Å². The van der Waals surface area contributed by atoms with E-state index in [1.165, 1.54) is 23.3 Å². The molecule has 2 rings (SSSR count). The van der Waals surface area contributed by atoms with Crippen molar-refractivity contribution in [2.24, 2.45) is 0 Å². The molecule has 0 heterocycles. The summed E-state index contributed by atoms with van der Waals surface area (Å²) in [5, 5.41) is 0. The number of halogens is 1. The normalized spacial score (nSPS) is 9.59. The summed E-state index contributed by atoms with van der Waals surface area (Å²) in [6, 6.07) is 12.3. The molecular formula is C16H13F. The molecule has 0 fully saturated rings. The smallest absolute Gasteiger partial charge is 0.123 e. The molecule has 0 atom stereocenters. The van der Waals surface area contributed by atoms with Crippen LogP contribution in [0, 0.1) is 31.5 Å². The predicted octanol–water partition coefficient (Wildman–Crippen LogP) is 3.84. The highest BCUT2D eigenvalue weighted by molar-refractivity contribution is 5.45. The highest BCUT2D eigenvalue weighted by Gasteiger charge is 1.93. The van der Waals surface area contributed by atoms with Crippen molar-refractivity contribution in [3.63, 3.8) is 0 Å². The van der Waals surface area contributed by atoms with Crippen LogP contribution in [0.1, 0.15) is 22.3 Å². The van der Waals surface area contributed by atoms with Crippen molar-refractivity contribution >= 4 is 0 Å². The topological polar surface area (TPSA) is 0 Å². The molecule has 1 heteroatoms. The Morgan fingerprint density at radius 3 is 2.00 bits per heavy atom. The van der Waals surface area contributed by atoms with Crippen LogP contribution in [0.25, 0.3) is 0 Å². The summed E-state index contributed by atoms with van der Waals surface area (Å²) >= 11 is 0. The molecule has 0 amide bonds. The van der Waals surface area contributed by atoms with Crippen molar-refractivity contribution in [2.75, 3.05) is 0 Å². The van der Waals surface area contributed by atoms with E-state index in [0.29, 0.717) is 0 Å². The first kappa shape index (κ1) is 11.4. The fourth-order valence-corrected chi connectivity index (χ4v) is 1.50. The SMILES string of the molecule is Cc1ccc(C#Cc2ccc(F)cc2)cc1C. The third-order valence-electron chi connectivity index (χ3n) is 2.70. The average molecular weight is 224 g/mol. The highest BCUT2D eigenvalue weighted by atomic mass is 19.1. The third-order valence-corrected chi connectivity index (χ3v) is 2.70. The van der Waals surface area contributed by atoms with Gasteiger partial charge in [-0.2, -0.15) is 0 Å². The van der Waals surface area contributed by atoms with Crippen LogP contribution in [0.3, 0.4) is 0 Å². The Kier molecular flexibility index (Phi) is 3.25. The number of aryl methyl sites for hydroxylation is 2. The van der Waals surface area contributed by atoms with Crippen LogP contribution in [0.2, 0.25) is 0 Å². The fourth-order valence-electron chi connectivity index (χ4n) is 1.50. The van der Waals surface area contributed by atoms with Crippen LogP contribution in [-0.4, -0.2) is 0 Å². The summed E-state index contributed by atoms with van der Waals surface area (Å²) in [6.45, 7) is 4.14. The average Bonchev–Trinajstić information content (AvgIpc) is 2.33. The Balaban J connectivity index is 2.26. The van der Waals surface area contributed by atoms with Gasteiger partial charge in [0, 0.05) is 11.1 Å². The van der Waals surface area contributed by atoms with Crippen LogP contribution in [0.15, 0.2) is 42.5 Å². The Bertz CT molecular complexity index is 583. The summed E-state index contributed by atoms with van der Waals surface area (Å²) in [5.41, 5.74) is 4.30. The second-order valence-corrected chi connectivity index (χ2v) is 4.06. The summed E-state index contributed by atoms with van der Waals surface area (Å²) in [7, 11) is 0. The van der Waals surface area contributed by atoms with E-state index in [0.717, 1.165) is 11.1 Å². The molecule has 0 spiro atoms. The van der Waals surface area contributed by atoms with Gasteiger partial charge in [0.25, 0.3) is 0 Å². The zero-order chi connectivity index (χ0) is 12.3. The summed E-state index contributed by atoms with van der Waals surface area (Å²) in [5.74, 6) is 5.86. The van der Waals surface area contributed by atoms with Gasteiger partial charge < -0.3 is 0 Å². The van der Waals surface area contributed by atoms with Crippen molar-refractivity contribution in [1.82, 2.24) is 0 Å². The summed E-state index contributed by atoms with van der Waals surface area (Å²) in [6.07, 6.45) is 0. The number of hydrogen-bond donors (Lipinski definition) is 0. The van der Waals surface area contributed by atoms with Crippen LogP contribution in [-0.2, 0) is 0 Å². The second-order valence-electron chi connectivity index (χ2n) is 4.06. The number of rotatable bonds is 0. The molecule has 0 nitrogen and oxygen atoms in total. The Labute approximate surface area is 101 Å². The third kappa shape index (κ3) is 2.95. The van der Waals surface area contributed by atoms with E-state index in [1.807, 2.05) is 6.07 Å². The molecule has 0 aliphatic rings. The quantitative estimate of drug-likeness (QED) is 0.596. The van der Waals surface area contributed by atoms with Crippen LogP contribution < -0.4 is 0 Å². The van der Waals surface area contributed by atoms with E-state index in [4.69, 9.17) is 0 Å².